The van der Waals surface area contributed by atoms with Crippen LogP contribution in [0.5, 0.6) is 0 Å². The van der Waals surface area contributed by atoms with Crippen molar-refractivity contribution in [2.45, 2.75) is 26.2 Å². The molecule has 9 nitrogen and oxygen atoms in total. The lowest BCUT2D eigenvalue weighted by atomic mass is 10.1. The summed E-state index contributed by atoms with van der Waals surface area (Å²) in [4.78, 5) is 49.1. The highest BCUT2D eigenvalue weighted by atomic mass is 16.2. The van der Waals surface area contributed by atoms with E-state index in [-0.39, 0.29) is 12.5 Å². The summed E-state index contributed by atoms with van der Waals surface area (Å²) in [5.41, 5.74) is 0.677. The lowest BCUT2D eigenvalue weighted by molar-refractivity contribution is -0.121. The van der Waals surface area contributed by atoms with Crippen molar-refractivity contribution < 1.29 is 14.4 Å². The molecule has 0 spiro atoms. The largest absolute Gasteiger partial charge is 0.368 e. The van der Waals surface area contributed by atoms with Gasteiger partial charge in [0, 0.05) is 32.2 Å². The SMILES string of the molecule is Cc1nc(NCCNC(=O)CN2C(=O)c3ccccc3C2=O)cc(N2CCCCC2)n1. The number of carbonyl (C=O) groups is 3. The Morgan fingerprint density at radius 1 is 1.00 bits per heavy atom. The number of benzene rings is 1. The van der Waals surface area contributed by atoms with E-state index in [0.717, 1.165) is 23.8 Å². The van der Waals surface area contributed by atoms with E-state index in [1.807, 2.05) is 13.0 Å². The third-order valence-electron chi connectivity index (χ3n) is 5.44. The average Bonchev–Trinajstić information content (AvgIpc) is 3.02. The van der Waals surface area contributed by atoms with Gasteiger partial charge in [-0.3, -0.25) is 19.3 Å². The van der Waals surface area contributed by atoms with Crippen molar-refractivity contribution >= 4 is 29.4 Å². The van der Waals surface area contributed by atoms with Crippen molar-refractivity contribution in [3.8, 4) is 0 Å². The molecule has 4 rings (SSSR count). The van der Waals surface area contributed by atoms with Gasteiger partial charge in [0.2, 0.25) is 5.91 Å². The lowest BCUT2D eigenvalue weighted by Gasteiger charge is -2.28. The molecule has 1 aromatic carbocycles. The highest BCUT2D eigenvalue weighted by Crippen LogP contribution is 2.22. The maximum Gasteiger partial charge on any atom is 0.262 e. The average molecular weight is 422 g/mol. The smallest absolute Gasteiger partial charge is 0.262 e. The minimum Gasteiger partial charge on any atom is -0.368 e. The van der Waals surface area contributed by atoms with Crippen LogP contribution in [0.1, 0.15) is 45.8 Å². The molecule has 162 valence electrons. The number of amides is 3. The van der Waals surface area contributed by atoms with Gasteiger partial charge in [0.25, 0.3) is 11.8 Å². The predicted octanol–water partition coefficient (Wildman–Crippen LogP) is 1.60. The maximum atomic E-state index is 12.3. The molecule has 2 aromatic rings. The standard InChI is InChI=1S/C22H26N6O3/c1-15-25-18(13-19(26-15)27-11-5-2-6-12-27)23-9-10-24-20(29)14-28-21(30)16-7-3-4-8-17(16)22(28)31/h3-4,7-8,13H,2,5-6,9-12,14H2,1H3,(H,24,29)(H,23,25,26). The van der Waals surface area contributed by atoms with Gasteiger partial charge in [-0.1, -0.05) is 12.1 Å². The van der Waals surface area contributed by atoms with Gasteiger partial charge in [-0.25, -0.2) is 9.97 Å². The van der Waals surface area contributed by atoms with Crippen LogP contribution in [0.4, 0.5) is 11.6 Å². The summed E-state index contributed by atoms with van der Waals surface area (Å²) in [5.74, 6) is 1.07. The number of rotatable bonds is 7. The topological polar surface area (TPSA) is 108 Å². The molecule has 2 N–H and O–H groups in total. The zero-order chi connectivity index (χ0) is 21.8. The highest BCUT2D eigenvalue weighted by molar-refractivity contribution is 6.22. The summed E-state index contributed by atoms with van der Waals surface area (Å²) in [7, 11) is 0. The maximum absolute atomic E-state index is 12.3. The number of nitrogens with zero attached hydrogens (tertiary/aromatic N) is 4. The molecule has 3 amide bonds. The Morgan fingerprint density at radius 3 is 2.35 bits per heavy atom. The van der Waals surface area contributed by atoms with Gasteiger partial charge in [-0.15, -0.1) is 0 Å². The van der Waals surface area contributed by atoms with Crippen LogP contribution >= 0.6 is 0 Å². The van der Waals surface area contributed by atoms with E-state index in [1.54, 1.807) is 24.3 Å². The fraction of sp³-hybridized carbons (Fsp3) is 0.409. The molecule has 2 aliphatic heterocycles. The molecule has 9 heteroatoms. The Morgan fingerprint density at radius 2 is 1.68 bits per heavy atom. The first-order valence-electron chi connectivity index (χ1n) is 10.6. The summed E-state index contributed by atoms with van der Waals surface area (Å²) in [6.45, 7) is 4.38. The van der Waals surface area contributed by atoms with Crippen molar-refractivity contribution in [1.29, 1.82) is 0 Å². The first-order valence-corrected chi connectivity index (χ1v) is 10.6. The van der Waals surface area contributed by atoms with Crippen LogP contribution in [0.2, 0.25) is 0 Å². The number of hydrogen-bond donors (Lipinski definition) is 2. The Balaban J connectivity index is 1.26. The van der Waals surface area contributed by atoms with Crippen molar-refractivity contribution in [3.05, 3.63) is 47.3 Å². The number of aromatic nitrogens is 2. The summed E-state index contributed by atoms with van der Waals surface area (Å²) >= 11 is 0. The monoisotopic (exact) mass is 422 g/mol. The Kier molecular flexibility index (Phi) is 6.11. The number of anilines is 2. The predicted molar refractivity (Wildman–Crippen MR) is 116 cm³/mol. The molecule has 2 aliphatic rings. The van der Waals surface area contributed by atoms with Crippen LogP contribution in [0.3, 0.4) is 0 Å². The first-order chi connectivity index (χ1) is 15.0. The molecule has 0 atom stereocenters. The van der Waals surface area contributed by atoms with E-state index in [4.69, 9.17) is 0 Å². The van der Waals surface area contributed by atoms with Crippen molar-refractivity contribution in [1.82, 2.24) is 20.2 Å². The van der Waals surface area contributed by atoms with E-state index < -0.39 is 11.8 Å². The van der Waals surface area contributed by atoms with Gasteiger partial charge < -0.3 is 15.5 Å². The molecule has 0 aliphatic carbocycles. The molecule has 0 saturated carbocycles. The van der Waals surface area contributed by atoms with Crippen LogP contribution in [-0.4, -0.2) is 65.3 Å². The molecular formula is C22H26N6O3. The molecule has 0 bridgehead atoms. The molecule has 3 heterocycles. The fourth-order valence-electron chi connectivity index (χ4n) is 3.90. The summed E-state index contributed by atoms with van der Waals surface area (Å²) in [5, 5.41) is 5.94. The summed E-state index contributed by atoms with van der Waals surface area (Å²) < 4.78 is 0. The Bertz CT molecular complexity index is 967. The van der Waals surface area contributed by atoms with Gasteiger partial charge in [0.15, 0.2) is 0 Å². The van der Waals surface area contributed by atoms with Crippen molar-refractivity contribution in [3.63, 3.8) is 0 Å². The minimum absolute atomic E-state index is 0.294. The second-order valence-corrected chi connectivity index (χ2v) is 7.73. The molecule has 31 heavy (non-hydrogen) atoms. The van der Waals surface area contributed by atoms with Crippen LogP contribution in [0.15, 0.2) is 30.3 Å². The Hall–Kier alpha value is -3.49. The minimum atomic E-state index is -0.435. The molecule has 1 aromatic heterocycles. The zero-order valence-electron chi connectivity index (χ0n) is 17.6. The van der Waals surface area contributed by atoms with Crippen LogP contribution < -0.4 is 15.5 Å². The normalized spacial score (nSPS) is 15.8. The second kappa shape index (κ2) is 9.11. The quantitative estimate of drug-likeness (QED) is 0.515. The van der Waals surface area contributed by atoms with E-state index in [2.05, 4.69) is 25.5 Å². The molecule has 1 saturated heterocycles. The fourth-order valence-corrected chi connectivity index (χ4v) is 3.90. The summed E-state index contributed by atoms with van der Waals surface area (Å²) in [6, 6.07) is 8.52. The highest BCUT2D eigenvalue weighted by Gasteiger charge is 2.36. The second-order valence-electron chi connectivity index (χ2n) is 7.73. The molecule has 1 fully saturated rings. The van der Waals surface area contributed by atoms with Gasteiger partial charge in [0.1, 0.15) is 24.0 Å². The number of nitrogens with one attached hydrogen (secondary N) is 2. The number of carbonyl (C=O) groups excluding carboxylic acids is 3. The van der Waals surface area contributed by atoms with Gasteiger partial charge in [-0.05, 0) is 38.3 Å². The molecule has 0 radical (unpaired) electrons. The zero-order valence-corrected chi connectivity index (χ0v) is 17.6. The number of imide groups is 1. The first kappa shape index (κ1) is 20.8. The van der Waals surface area contributed by atoms with Crippen LogP contribution in [0.25, 0.3) is 0 Å². The summed E-state index contributed by atoms with van der Waals surface area (Å²) in [6.07, 6.45) is 3.60. The molecular weight excluding hydrogens is 396 g/mol. The third kappa shape index (κ3) is 4.65. The van der Waals surface area contributed by atoms with Gasteiger partial charge in [-0.2, -0.15) is 0 Å². The van der Waals surface area contributed by atoms with E-state index in [1.165, 1.54) is 19.3 Å². The lowest BCUT2D eigenvalue weighted by Crippen LogP contribution is -2.41. The van der Waals surface area contributed by atoms with E-state index >= 15 is 0 Å². The van der Waals surface area contributed by atoms with E-state index in [9.17, 15) is 14.4 Å². The van der Waals surface area contributed by atoms with Crippen LogP contribution in [0, 0.1) is 6.92 Å². The number of hydrogen-bond acceptors (Lipinski definition) is 7. The number of piperidine rings is 1. The Labute approximate surface area is 180 Å². The van der Waals surface area contributed by atoms with E-state index in [0.29, 0.717) is 35.9 Å². The number of aryl methyl sites for hydroxylation is 1. The van der Waals surface area contributed by atoms with Crippen molar-refractivity contribution in [2.75, 3.05) is 42.9 Å². The van der Waals surface area contributed by atoms with Crippen molar-refractivity contribution in [2.24, 2.45) is 0 Å². The third-order valence-corrected chi connectivity index (χ3v) is 5.44. The van der Waals surface area contributed by atoms with Gasteiger partial charge >= 0.3 is 0 Å². The van der Waals surface area contributed by atoms with Crippen LogP contribution in [-0.2, 0) is 4.79 Å². The molecule has 0 unspecified atom stereocenters. The number of fused-ring (bicyclic) bond motifs is 1. The van der Waals surface area contributed by atoms with Gasteiger partial charge in [0.05, 0.1) is 11.1 Å².